The molecule has 3 atom stereocenters. The highest BCUT2D eigenvalue weighted by atomic mass is 16.3. The molecule has 0 amide bonds. The van der Waals surface area contributed by atoms with Crippen molar-refractivity contribution in [3.05, 3.63) is 59.5 Å². The lowest BCUT2D eigenvalue weighted by molar-refractivity contribution is 0.240. The number of aliphatic hydroxyl groups is 1. The van der Waals surface area contributed by atoms with Crippen LogP contribution in [0.2, 0.25) is 0 Å². The second kappa shape index (κ2) is 5.81. The molecule has 0 aliphatic heterocycles. The van der Waals surface area contributed by atoms with Crippen LogP contribution in [-0.2, 0) is 6.54 Å². The first kappa shape index (κ1) is 13.4. The molecule has 0 saturated heterocycles. The number of aliphatic hydroxyl groups excluding tert-OH is 1. The topological polar surface area (TPSA) is 45.4 Å². The molecule has 2 N–H and O–H groups in total. The quantitative estimate of drug-likeness (QED) is 0.848. The van der Waals surface area contributed by atoms with Crippen molar-refractivity contribution in [2.24, 2.45) is 5.92 Å². The Bertz CT molecular complexity index is 549. The van der Waals surface area contributed by atoms with Crippen molar-refractivity contribution in [1.82, 2.24) is 5.32 Å². The highest BCUT2D eigenvalue weighted by Gasteiger charge is 2.36. The predicted octanol–water partition coefficient (Wildman–Crippen LogP) is 3.23. The summed E-state index contributed by atoms with van der Waals surface area (Å²) in [6.07, 6.45) is 1.24. The Kier molecular flexibility index (Phi) is 3.90. The lowest BCUT2D eigenvalue weighted by atomic mass is 10.1. The van der Waals surface area contributed by atoms with Crippen LogP contribution < -0.4 is 5.32 Å². The second-order valence-corrected chi connectivity index (χ2v) is 5.65. The molecule has 1 heterocycles. The summed E-state index contributed by atoms with van der Waals surface area (Å²) in [7, 11) is 0. The van der Waals surface area contributed by atoms with Crippen molar-refractivity contribution in [3.8, 4) is 0 Å². The van der Waals surface area contributed by atoms with Crippen molar-refractivity contribution < 1.29 is 9.52 Å². The summed E-state index contributed by atoms with van der Waals surface area (Å²) in [5.41, 5.74) is 1.09. The van der Waals surface area contributed by atoms with Crippen LogP contribution in [0.4, 0.5) is 0 Å². The van der Waals surface area contributed by atoms with Gasteiger partial charge in [-0.05, 0) is 30.0 Å². The number of hydrogen-bond acceptors (Lipinski definition) is 3. The average Bonchev–Trinajstić information content (AvgIpc) is 3.02. The minimum atomic E-state index is -0.0513. The normalized spacial score (nSPS) is 22.7. The van der Waals surface area contributed by atoms with Crippen LogP contribution in [0.3, 0.4) is 0 Å². The summed E-state index contributed by atoms with van der Waals surface area (Å²) in [5.74, 6) is 3.42. The first-order valence-electron chi connectivity index (χ1n) is 7.25. The van der Waals surface area contributed by atoms with E-state index in [9.17, 15) is 5.11 Å². The zero-order valence-corrected chi connectivity index (χ0v) is 11.8. The van der Waals surface area contributed by atoms with E-state index in [1.165, 1.54) is 6.42 Å². The lowest BCUT2D eigenvalue weighted by Crippen LogP contribution is -2.23. The maximum atomic E-state index is 9.50. The fourth-order valence-electron chi connectivity index (χ4n) is 2.60. The number of benzene rings is 1. The first-order valence-corrected chi connectivity index (χ1v) is 7.25. The van der Waals surface area contributed by atoms with Crippen molar-refractivity contribution in [1.29, 1.82) is 0 Å². The Balaban J connectivity index is 1.59. The Morgan fingerprint density at radius 3 is 2.65 bits per heavy atom. The van der Waals surface area contributed by atoms with E-state index in [1.807, 2.05) is 36.4 Å². The van der Waals surface area contributed by atoms with E-state index < -0.39 is 0 Å². The van der Waals surface area contributed by atoms with Gasteiger partial charge in [0.15, 0.2) is 0 Å². The molecule has 3 rings (SSSR count). The van der Waals surface area contributed by atoms with Crippen molar-refractivity contribution in [3.63, 3.8) is 0 Å². The molecule has 2 aromatic rings. The molecule has 1 saturated carbocycles. The van der Waals surface area contributed by atoms with E-state index in [2.05, 4.69) is 18.3 Å². The van der Waals surface area contributed by atoms with Gasteiger partial charge < -0.3 is 14.8 Å². The highest BCUT2D eigenvalue weighted by molar-refractivity contribution is 5.20. The minimum absolute atomic E-state index is 0.0513. The second-order valence-electron chi connectivity index (χ2n) is 5.65. The monoisotopic (exact) mass is 271 g/mol. The number of nitrogens with one attached hydrogen (secondary N) is 1. The van der Waals surface area contributed by atoms with Gasteiger partial charge in [-0.2, -0.15) is 0 Å². The van der Waals surface area contributed by atoms with Gasteiger partial charge in [0.25, 0.3) is 0 Å². The van der Waals surface area contributed by atoms with E-state index in [-0.39, 0.29) is 12.6 Å². The van der Waals surface area contributed by atoms with Crippen LogP contribution in [0.25, 0.3) is 0 Å². The summed E-state index contributed by atoms with van der Waals surface area (Å²) >= 11 is 0. The van der Waals surface area contributed by atoms with E-state index in [0.717, 1.165) is 23.0 Å². The SMILES string of the molecule is CC1CC1c1ccc(CN[C@@H](CO)c2ccccc2)o1. The van der Waals surface area contributed by atoms with Crippen molar-refractivity contribution in [2.75, 3.05) is 6.61 Å². The largest absolute Gasteiger partial charge is 0.464 e. The van der Waals surface area contributed by atoms with Crippen molar-refractivity contribution in [2.45, 2.75) is 31.8 Å². The summed E-state index contributed by atoms with van der Waals surface area (Å²) in [4.78, 5) is 0. The summed E-state index contributed by atoms with van der Waals surface area (Å²) < 4.78 is 5.86. The number of hydrogen-bond donors (Lipinski definition) is 2. The fraction of sp³-hybridized carbons (Fsp3) is 0.412. The molecule has 1 aromatic carbocycles. The molecule has 20 heavy (non-hydrogen) atoms. The zero-order valence-electron chi connectivity index (χ0n) is 11.8. The van der Waals surface area contributed by atoms with Crippen LogP contribution in [0, 0.1) is 5.92 Å². The number of furan rings is 1. The molecule has 0 bridgehead atoms. The third-order valence-electron chi connectivity index (χ3n) is 4.06. The highest BCUT2D eigenvalue weighted by Crippen LogP contribution is 2.47. The smallest absolute Gasteiger partial charge is 0.117 e. The third-order valence-corrected chi connectivity index (χ3v) is 4.06. The van der Waals surface area contributed by atoms with Gasteiger partial charge in [-0.15, -0.1) is 0 Å². The molecule has 3 heteroatoms. The lowest BCUT2D eigenvalue weighted by Gasteiger charge is -2.15. The maximum Gasteiger partial charge on any atom is 0.117 e. The molecule has 3 nitrogen and oxygen atoms in total. The van der Waals surface area contributed by atoms with Gasteiger partial charge in [-0.3, -0.25) is 0 Å². The van der Waals surface area contributed by atoms with E-state index in [1.54, 1.807) is 0 Å². The minimum Gasteiger partial charge on any atom is -0.464 e. The van der Waals surface area contributed by atoms with Gasteiger partial charge in [-0.25, -0.2) is 0 Å². The predicted molar refractivity (Wildman–Crippen MR) is 78.3 cm³/mol. The average molecular weight is 271 g/mol. The Morgan fingerprint density at radius 1 is 1.25 bits per heavy atom. The molecule has 1 fully saturated rings. The van der Waals surface area contributed by atoms with Gasteiger partial charge in [0.05, 0.1) is 19.2 Å². The van der Waals surface area contributed by atoms with Gasteiger partial charge in [-0.1, -0.05) is 37.3 Å². The summed E-state index contributed by atoms with van der Waals surface area (Å²) in [6, 6.07) is 14.1. The van der Waals surface area contributed by atoms with Crippen LogP contribution >= 0.6 is 0 Å². The molecule has 2 unspecified atom stereocenters. The van der Waals surface area contributed by atoms with Gasteiger partial charge in [0.1, 0.15) is 11.5 Å². The van der Waals surface area contributed by atoms with Crippen molar-refractivity contribution >= 4 is 0 Å². The van der Waals surface area contributed by atoms with Crippen LogP contribution in [-0.4, -0.2) is 11.7 Å². The maximum absolute atomic E-state index is 9.50. The van der Waals surface area contributed by atoms with E-state index in [4.69, 9.17) is 4.42 Å². The summed E-state index contributed by atoms with van der Waals surface area (Å²) in [5, 5.41) is 12.8. The Hall–Kier alpha value is -1.58. The molecular weight excluding hydrogens is 250 g/mol. The Morgan fingerprint density at radius 2 is 2.00 bits per heavy atom. The molecule has 1 aromatic heterocycles. The molecule has 0 spiro atoms. The van der Waals surface area contributed by atoms with E-state index >= 15 is 0 Å². The third kappa shape index (κ3) is 2.94. The molecule has 1 aliphatic rings. The summed E-state index contributed by atoms with van der Waals surface area (Å²) in [6.45, 7) is 2.97. The molecule has 0 radical (unpaired) electrons. The molecule has 106 valence electrons. The van der Waals surface area contributed by atoms with Crippen LogP contribution in [0.15, 0.2) is 46.9 Å². The standard InChI is InChI=1S/C17H21NO2/c1-12-9-15(12)17-8-7-14(20-17)10-18-16(11-19)13-5-3-2-4-6-13/h2-8,12,15-16,18-19H,9-11H2,1H3/t12?,15?,16-/m0/s1. The zero-order chi connectivity index (χ0) is 13.9. The molecule has 1 aliphatic carbocycles. The van der Waals surface area contributed by atoms with Gasteiger partial charge >= 0.3 is 0 Å². The van der Waals surface area contributed by atoms with Gasteiger partial charge in [0.2, 0.25) is 0 Å². The van der Waals surface area contributed by atoms with Crippen LogP contribution in [0.1, 0.15) is 42.4 Å². The molecular formula is C17H21NO2. The Labute approximate surface area is 119 Å². The van der Waals surface area contributed by atoms with Crippen LogP contribution in [0.5, 0.6) is 0 Å². The van der Waals surface area contributed by atoms with E-state index in [0.29, 0.717) is 12.5 Å². The first-order chi connectivity index (χ1) is 9.78. The van der Waals surface area contributed by atoms with Gasteiger partial charge in [0, 0.05) is 5.92 Å². The fourth-order valence-corrected chi connectivity index (χ4v) is 2.60. The number of rotatable bonds is 6.